The third-order valence-corrected chi connectivity index (χ3v) is 4.73. The Bertz CT molecular complexity index is 397. The number of halogens is 1. The molecule has 1 aliphatic rings. The van der Waals surface area contributed by atoms with Crippen molar-refractivity contribution in [2.24, 2.45) is 0 Å². The minimum Gasteiger partial charge on any atom is -0.381 e. The molecule has 0 aliphatic carbocycles. The van der Waals surface area contributed by atoms with E-state index in [0.717, 1.165) is 44.7 Å². The molecule has 0 N–H and O–H groups in total. The topological polar surface area (TPSA) is 30.3 Å². The first-order valence-corrected chi connectivity index (χ1v) is 7.42. The van der Waals surface area contributed by atoms with E-state index in [1.807, 2.05) is 7.11 Å². The van der Waals surface area contributed by atoms with E-state index >= 15 is 0 Å². The number of aryl methyl sites for hydroxylation is 2. The Balaban J connectivity index is 2.02. The fraction of sp³-hybridized carbons (Fsp3) is 0.769. The van der Waals surface area contributed by atoms with Crippen molar-refractivity contribution < 1.29 is 4.74 Å². The van der Waals surface area contributed by atoms with E-state index in [1.54, 1.807) is 0 Å². The van der Waals surface area contributed by atoms with Crippen LogP contribution in [0.5, 0.6) is 0 Å². The summed E-state index contributed by atoms with van der Waals surface area (Å²) in [6.45, 7) is 8.32. The summed E-state index contributed by atoms with van der Waals surface area (Å²) >= 11 is 3.66. The second kappa shape index (κ2) is 6.17. The predicted molar refractivity (Wildman–Crippen MR) is 75.6 cm³/mol. The van der Waals surface area contributed by atoms with Crippen LogP contribution in [-0.2, 0) is 17.8 Å². The van der Waals surface area contributed by atoms with Crippen LogP contribution in [0.15, 0.2) is 4.47 Å². The second-order valence-corrected chi connectivity index (χ2v) is 5.67. The molecule has 0 radical (unpaired) electrons. The lowest BCUT2D eigenvalue weighted by molar-refractivity contribution is 0.0381. The smallest absolute Gasteiger partial charge is 0.0739 e. The van der Waals surface area contributed by atoms with E-state index in [-0.39, 0.29) is 0 Å². The molecule has 102 valence electrons. The number of piperidine rings is 1. The first kappa shape index (κ1) is 14.0. The van der Waals surface area contributed by atoms with Crippen LogP contribution in [0.4, 0.5) is 0 Å². The first-order valence-electron chi connectivity index (χ1n) is 6.62. The number of methoxy groups -OCH3 is 1. The van der Waals surface area contributed by atoms with Crippen molar-refractivity contribution in [3.63, 3.8) is 0 Å². The summed E-state index contributed by atoms with van der Waals surface area (Å²) in [6.07, 6.45) is 2.71. The average molecular weight is 316 g/mol. The molecule has 2 heterocycles. The molecule has 0 unspecified atom stereocenters. The van der Waals surface area contributed by atoms with Gasteiger partial charge in [-0.05, 0) is 42.6 Å². The van der Waals surface area contributed by atoms with Gasteiger partial charge < -0.3 is 4.74 Å². The molecule has 0 bridgehead atoms. The highest BCUT2D eigenvalue weighted by atomic mass is 79.9. The largest absolute Gasteiger partial charge is 0.381 e. The maximum absolute atomic E-state index is 5.41. The zero-order chi connectivity index (χ0) is 13.1. The van der Waals surface area contributed by atoms with Gasteiger partial charge in [-0.2, -0.15) is 5.10 Å². The van der Waals surface area contributed by atoms with Crippen molar-refractivity contribution in [1.82, 2.24) is 14.7 Å². The summed E-state index contributed by atoms with van der Waals surface area (Å²) < 4.78 is 8.67. The standard InChI is InChI=1S/C13H22BrN3O/c1-4-17-12(13(14)10(2)15-17)9-16-7-5-11(18-3)6-8-16/h11H,4-9H2,1-3H3. The number of ether oxygens (including phenoxy) is 1. The van der Waals surface area contributed by atoms with Crippen molar-refractivity contribution in [2.75, 3.05) is 20.2 Å². The molecular weight excluding hydrogens is 294 g/mol. The molecule has 0 spiro atoms. The van der Waals surface area contributed by atoms with Crippen molar-refractivity contribution >= 4 is 15.9 Å². The highest BCUT2D eigenvalue weighted by molar-refractivity contribution is 9.10. The molecule has 1 aromatic heterocycles. The van der Waals surface area contributed by atoms with Gasteiger partial charge >= 0.3 is 0 Å². The Labute approximate surface area is 117 Å². The van der Waals surface area contributed by atoms with Crippen LogP contribution in [0.1, 0.15) is 31.2 Å². The lowest BCUT2D eigenvalue weighted by atomic mass is 10.1. The van der Waals surface area contributed by atoms with Crippen LogP contribution < -0.4 is 0 Å². The minimum absolute atomic E-state index is 0.447. The van der Waals surface area contributed by atoms with Crippen LogP contribution in [0.3, 0.4) is 0 Å². The minimum atomic E-state index is 0.447. The van der Waals surface area contributed by atoms with Crippen LogP contribution in [0, 0.1) is 6.92 Å². The van der Waals surface area contributed by atoms with Gasteiger partial charge in [-0.25, -0.2) is 0 Å². The van der Waals surface area contributed by atoms with Crippen LogP contribution in [0.2, 0.25) is 0 Å². The Kier molecular flexibility index (Phi) is 4.81. The first-order chi connectivity index (χ1) is 8.65. The molecular formula is C13H22BrN3O. The van der Waals surface area contributed by atoms with Crippen LogP contribution >= 0.6 is 15.9 Å². The number of aromatic nitrogens is 2. The quantitative estimate of drug-likeness (QED) is 0.855. The zero-order valence-electron chi connectivity index (χ0n) is 11.4. The lowest BCUT2D eigenvalue weighted by Crippen LogP contribution is -2.36. The summed E-state index contributed by atoms with van der Waals surface area (Å²) in [5.41, 5.74) is 2.38. The van der Waals surface area contributed by atoms with Gasteiger partial charge in [-0.15, -0.1) is 0 Å². The molecule has 1 aromatic rings. The van der Waals surface area contributed by atoms with Gasteiger partial charge in [0, 0.05) is 33.3 Å². The molecule has 1 saturated heterocycles. The molecule has 0 atom stereocenters. The van der Waals surface area contributed by atoms with Crippen molar-refractivity contribution in [3.8, 4) is 0 Å². The predicted octanol–water partition coefficient (Wildman–Crippen LogP) is 2.58. The van der Waals surface area contributed by atoms with Gasteiger partial charge in [-0.3, -0.25) is 9.58 Å². The van der Waals surface area contributed by atoms with E-state index in [1.165, 1.54) is 10.2 Å². The summed E-state index contributed by atoms with van der Waals surface area (Å²) in [7, 11) is 1.81. The third kappa shape index (κ3) is 2.95. The third-order valence-electron chi connectivity index (χ3n) is 3.69. The zero-order valence-corrected chi connectivity index (χ0v) is 13.0. The summed E-state index contributed by atoms with van der Waals surface area (Å²) in [4.78, 5) is 2.49. The molecule has 5 heteroatoms. The van der Waals surface area contributed by atoms with E-state index in [2.05, 4.69) is 44.5 Å². The lowest BCUT2D eigenvalue weighted by Gasteiger charge is -2.31. The normalized spacial score (nSPS) is 18.4. The van der Waals surface area contributed by atoms with Gasteiger partial charge in [0.2, 0.25) is 0 Å². The molecule has 0 aromatic carbocycles. The Morgan fingerprint density at radius 3 is 2.61 bits per heavy atom. The van der Waals surface area contributed by atoms with E-state index in [4.69, 9.17) is 4.74 Å². The summed E-state index contributed by atoms with van der Waals surface area (Å²) in [5, 5.41) is 4.54. The molecule has 0 saturated carbocycles. The molecule has 1 aliphatic heterocycles. The van der Waals surface area contributed by atoms with Gasteiger partial charge in [0.05, 0.1) is 22.0 Å². The summed E-state index contributed by atoms with van der Waals surface area (Å²) in [6, 6.07) is 0. The Morgan fingerprint density at radius 2 is 2.06 bits per heavy atom. The van der Waals surface area contributed by atoms with E-state index < -0.39 is 0 Å². The molecule has 18 heavy (non-hydrogen) atoms. The number of rotatable bonds is 4. The Hall–Kier alpha value is -0.390. The number of hydrogen-bond acceptors (Lipinski definition) is 3. The van der Waals surface area contributed by atoms with Crippen LogP contribution in [0.25, 0.3) is 0 Å². The molecule has 1 fully saturated rings. The molecule has 4 nitrogen and oxygen atoms in total. The number of likely N-dealkylation sites (tertiary alicyclic amines) is 1. The maximum Gasteiger partial charge on any atom is 0.0739 e. The average Bonchev–Trinajstić information content (AvgIpc) is 2.67. The van der Waals surface area contributed by atoms with Gasteiger partial charge in [0.1, 0.15) is 0 Å². The number of nitrogens with zero attached hydrogens (tertiary/aromatic N) is 3. The van der Waals surface area contributed by atoms with Gasteiger partial charge in [-0.1, -0.05) is 0 Å². The van der Waals surface area contributed by atoms with Crippen LogP contribution in [-0.4, -0.2) is 41.0 Å². The maximum atomic E-state index is 5.41. The van der Waals surface area contributed by atoms with Gasteiger partial charge in [0.25, 0.3) is 0 Å². The van der Waals surface area contributed by atoms with Crippen molar-refractivity contribution in [2.45, 2.75) is 45.9 Å². The van der Waals surface area contributed by atoms with E-state index in [9.17, 15) is 0 Å². The van der Waals surface area contributed by atoms with Crippen molar-refractivity contribution in [1.29, 1.82) is 0 Å². The molecule has 0 amide bonds. The SMILES string of the molecule is CCn1nc(C)c(Br)c1CN1CCC(OC)CC1. The van der Waals surface area contributed by atoms with Crippen molar-refractivity contribution in [3.05, 3.63) is 15.9 Å². The second-order valence-electron chi connectivity index (χ2n) is 4.87. The monoisotopic (exact) mass is 315 g/mol. The highest BCUT2D eigenvalue weighted by Crippen LogP contribution is 2.24. The fourth-order valence-electron chi connectivity index (χ4n) is 2.53. The molecule has 2 rings (SSSR count). The highest BCUT2D eigenvalue weighted by Gasteiger charge is 2.21. The Morgan fingerprint density at radius 1 is 1.39 bits per heavy atom. The summed E-state index contributed by atoms with van der Waals surface area (Å²) in [5.74, 6) is 0. The van der Waals surface area contributed by atoms with Gasteiger partial charge in [0.15, 0.2) is 0 Å². The number of hydrogen-bond donors (Lipinski definition) is 0. The van der Waals surface area contributed by atoms with E-state index in [0.29, 0.717) is 6.10 Å². The fourth-order valence-corrected chi connectivity index (χ4v) is 2.94.